The van der Waals surface area contributed by atoms with Gasteiger partial charge in [-0.3, -0.25) is 0 Å². The number of phenolic OH excluding ortho intramolecular Hbond substituents is 1. The van der Waals surface area contributed by atoms with Crippen LogP contribution in [-0.4, -0.2) is 5.11 Å². The Morgan fingerprint density at radius 1 is 0.650 bits per heavy atom. The lowest BCUT2D eigenvalue weighted by atomic mass is 9.98. The summed E-state index contributed by atoms with van der Waals surface area (Å²) < 4.78 is 0.971. The fourth-order valence-corrected chi connectivity index (χ4v) is 2.70. The van der Waals surface area contributed by atoms with Crippen molar-refractivity contribution in [1.29, 1.82) is 0 Å². The molecule has 0 radical (unpaired) electrons. The third-order valence-electron chi connectivity index (χ3n) is 3.27. The van der Waals surface area contributed by atoms with E-state index in [9.17, 15) is 5.11 Å². The summed E-state index contributed by atoms with van der Waals surface area (Å²) in [6, 6.07) is 23.8. The molecule has 0 atom stereocenters. The highest BCUT2D eigenvalue weighted by molar-refractivity contribution is 9.10. The van der Waals surface area contributed by atoms with E-state index in [1.165, 1.54) is 0 Å². The molecule has 3 rings (SSSR count). The molecule has 1 N–H and O–H groups in total. The van der Waals surface area contributed by atoms with Crippen molar-refractivity contribution in [2.75, 3.05) is 0 Å². The second-order valence-corrected chi connectivity index (χ2v) is 5.43. The zero-order chi connectivity index (χ0) is 13.9. The van der Waals surface area contributed by atoms with Gasteiger partial charge in [-0.05, 0) is 29.3 Å². The SMILES string of the molecule is Oc1ccccc1-c1cc(-c2ccccc2)ccc1Br. The fraction of sp³-hybridized carbons (Fsp3) is 0. The molecule has 0 saturated heterocycles. The molecule has 0 unspecified atom stereocenters. The lowest BCUT2D eigenvalue weighted by Gasteiger charge is -2.10. The predicted molar refractivity (Wildman–Crippen MR) is 86.7 cm³/mol. The average molecular weight is 325 g/mol. The monoisotopic (exact) mass is 324 g/mol. The van der Waals surface area contributed by atoms with E-state index in [1.807, 2.05) is 42.5 Å². The molecule has 0 spiro atoms. The Balaban J connectivity index is 2.15. The molecule has 98 valence electrons. The van der Waals surface area contributed by atoms with Crippen LogP contribution in [0.15, 0.2) is 77.3 Å². The number of para-hydroxylation sites is 1. The molecule has 0 amide bonds. The lowest BCUT2D eigenvalue weighted by Crippen LogP contribution is -1.84. The Bertz CT molecular complexity index is 735. The van der Waals surface area contributed by atoms with Gasteiger partial charge in [0.1, 0.15) is 5.75 Å². The molecule has 0 fully saturated rings. The quantitative estimate of drug-likeness (QED) is 0.661. The Kier molecular flexibility index (Phi) is 3.57. The van der Waals surface area contributed by atoms with Crippen molar-refractivity contribution in [3.8, 4) is 28.0 Å². The molecule has 0 aromatic heterocycles. The number of rotatable bonds is 2. The van der Waals surface area contributed by atoms with Crippen LogP contribution < -0.4 is 0 Å². The summed E-state index contributed by atoms with van der Waals surface area (Å²) in [7, 11) is 0. The number of hydrogen-bond acceptors (Lipinski definition) is 1. The van der Waals surface area contributed by atoms with Crippen LogP contribution in [0.2, 0.25) is 0 Å². The van der Waals surface area contributed by atoms with Crippen LogP contribution >= 0.6 is 15.9 Å². The molecule has 3 aromatic carbocycles. The van der Waals surface area contributed by atoms with Gasteiger partial charge in [0.05, 0.1) is 0 Å². The van der Waals surface area contributed by atoms with Crippen LogP contribution in [0, 0.1) is 0 Å². The van der Waals surface area contributed by atoms with Crippen molar-refractivity contribution in [1.82, 2.24) is 0 Å². The van der Waals surface area contributed by atoms with Crippen molar-refractivity contribution >= 4 is 15.9 Å². The van der Waals surface area contributed by atoms with E-state index in [1.54, 1.807) is 6.07 Å². The van der Waals surface area contributed by atoms with Gasteiger partial charge in [-0.15, -0.1) is 0 Å². The maximum atomic E-state index is 10.0. The fourth-order valence-electron chi connectivity index (χ4n) is 2.24. The molecular formula is C18H13BrO. The summed E-state index contributed by atoms with van der Waals surface area (Å²) in [5.74, 6) is 0.290. The molecule has 0 aliphatic heterocycles. The first-order valence-corrected chi connectivity index (χ1v) is 7.18. The summed E-state index contributed by atoms with van der Waals surface area (Å²) in [6.45, 7) is 0. The van der Waals surface area contributed by atoms with Gasteiger partial charge in [-0.1, -0.05) is 70.5 Å². The molecule has 0 saturated carbocycles. The van der Waals surface area contributed by atoms with E-state index in [4.69, 9.17) is 0 Å². The van der Waals surface area contributed by atoms with E-state index in [-0.39, 0.29) is 0 Å². The van der Waals surface area contributed by atoms with Gasteiger partial charge < -0.3 is 5.11 Å². The third-order valence-corrected chi connectivity index (χ3v) is 3.96. The van der Waals surface area contributed by atoms with Crippen molar-refractivity contribution in [3.05, 3.63) is 77.3 Å². The highest BCUT2D eigenvalue weighted by Gasteiger charge is 2.09. The highest BCUT2D eigenvalue weighted by Crippen LogP contribution is 2.36. The summed E-state index contributed by atoms with van der Waals surface area (Å²) in [6.07, 6.45) is 0. The molecule has 0 aliphatic rings. The Hall–Kier alpha value is -2.06. The van der Waals surface area contributed by atoms with E-state index >= 15 is 0 Å². The number of aromatic hydroxyl groups is 1. The first-order chi connectivity index (χ1) is 9.75. The molecule has 3 aromatic rings. The first kappa shape index (κ1) is 12.9. The van der Waals surface area contributed by atoms with Gasteiger partial charge in [-0.2, -0.15) is 0 Å². The van der Waals surface area contributed by atoms with E-state index in [0.29, 0.717) is 5.75 Å². The molecule has 0 aliphatic carbocycles. The van der Waals surface area contributed by atoms with E-state index in [2.05, 4.69) is 40.2 Å². The van der Waals surface area contributed by atoms with Gasteiger partial charge in [0.25, 0.3) is 0 Å². The molecule has 0 heterocycles. The number of phenols is 1. The van der Waals surface area contributed by atoms with Crippen LogP contribution in [0.25, 0.3) is 22.3 Å². The predicted octanol–water partition coefficient (Wildman–Crippen LogP) is 5.49. The first-order valence-electron chi connectivity index (χ1n) is 6.39. The second-order valence-electron chi connectivity index (χ2n) is 4.58. The minimum atomic E-state index is 0.290. The Morgan fingerprint density at radius 3 is 2.10 bits per heavy atom. The zero-order valence-electron chi connectivity index (χ0n) is 10.8. The molecule has 20 heavy (non-hydrogen) atoms. The average Bonchev–Trinajstić information content (AvgIpc) is 2.49. The van der Waals surface area contributed by atoms with E-state index < -0.39 is 0 Å². The van der Waals surface area contributed by atoms with Crippen LogP contribution in [-0.2, 0) is 0 Å². The number of benzene rings is 3. The van der Waals surface area contributed by atoms with E-state index in [0.717, 1.165) is 26.7 Å². The van der Waals surface area contributed by atoms with Gasteiger partial charge in [0, 0.05) is 15.6 Å². The Morgan fingerprint density at radius 2 is 1.35 bits per heavy atom. The summed E-state index contributed by atoms with van der Waals surface area (Å²) in [5, 5.41) is 10.0. The van der Waals surface area contributed by atoms with Crippen LogP contribution in [0.4, 0.5) is 0 Å². The van der Waals surface area contributed by atoms with Crippen molar-refractivity contribution in [2.45, 2.75) is 0 Å². The third kappa shape index (κ3) is 2.47. The maximum absolute atomic E-state index is 10.0. The van der Waals surface area contributed by atoms with Gasteiger partial charge in [0.2, 0.25) is 0 Å². The molecule has 1 nitrogen and oxygen atoms in total. The summed E-state index contributed by atoms with van der Waals surface area (Å²) in [4.78, 5) is 0. The zero-order valence-corrected chi connectivity index (χ0v) is 12.3. The van der Waals surface area contributed by atoms with Crippen molar-refractivity contribution in [2.24, 2.45) is 0 Å². The van der Waals surface area contributed by atoms with Crippen molar-refractivity contribution in [3.63, 3.8) is 0 Å². The highest BCUT2D eigenvalue weighted by atomic mass is 79.9. The van der Waals surface area contributed by atoms with Crippen LogP contribution in [0.5, 0.6) is 5.75 Å². The summed E-state index contributed by atoms with van der Waals surface area (Å²) in [5.41, 5.74) is 4.12. The lowest BCUT2D eigenvalue weighted by molar-refractivity contribution is 0.477. The van der Waals surface area contributed by atoms with Gasteiger partial charge >= 0.3 is 0 Å². The van der Waals surface area contributed by atoms with Crippen molar-refractivity contribution < 1.29 is 5.11 Å². The van der Waals surface area contributed by atoms with Crippen LogP contribution in [0.1, 0.15) is 0 Å². The van der Waals surface area contributed by atoms with Gasteiger partial charge in [0.15, 0.2) is 0 Å². The minimum absolute atomic E-state index is 0.290. The molecular weight excluding hydrogens is 312 g/mol. The maximum Gasteiger partial charge on any atom is 0.123 e. The topological polar surface area (TPSA) is 20.2 Å². The van der Waals surface area contributed by atoms with Gasteiger partial charge in [-0.25, -0.2) is 0 Å². The van der Waals surface area contributed by atoms with Crippen LogP contribution in [0.3, 0.4) is 0 Å². The number of hydrogen-bond donors (Lipinski definition) is 1. The smallest absolute Gasteiger partial charge is 0.123 e. The standard InChI is InChI=1S/C18H13BrO/c19-17-11-10-14(13-6-2-1-3-7-13)12-16(17)15-8-4-5-9-18(15)20/h1-12,20H. The molecule has 2 heteroatoms. The molecule has 0 bridgehead atoms. The minimum Gasteiger partial charge on any atom is -0.507 e. The normalized spacial score (nSPS) is 10.4. The number of halogens is 1. The summed E-state index contributed by atoms with van der Waals surface area (Å²) >= 11 is 3.56. The largest absolute Gasteiger partial charge is 0.507 e. The second kappa shape index (κ2) is 5.51. The Labute approximate surface area is 126 Å².